The minimum Gasteiger partial charge on any atom is -0.399 e. The molecule has 0 saturated heterocycles. The molecule has 2 aromatic rings. The van der Waals surface area contributed by atoms with Crippen molar-refractivity contribution in [1.82, 2.24) is 0 Å². The molecule has 0 aliphatic rings. The topological polar surface area (TPSA) is 55.1 Å². The zero-order chi connectivity index (χ0) is 13.7. The average Bonchev–Trinajstić information content (AvgIpc) is 2.38. The second-order valence-electron chi connectivity index (χ2n) is 4.30. The van der Waals surface area contributed by atoms with Gasteiger partial charge in [0.15, 0.2) is 0 Å². The maximum absolute atomic E-state index is 11.8. The molecule has 0 fully saturated rings. The van der Waals surface area contributed by atoms with Crippen LogP contribution in [0.4, 0.5) is 11.4 Å². The van der Waals surface area contributed by atoms with Crippen LogP contribution in [0.3, 0.4) is 0 Å². The summed E-state index contributed by atoms with van der Waals surface area (Å²) < 4.78 is 0. The normalized spacial score (nSPS) is 10.2. The van der Waals surface area contributed by atoms with Crippen LogP contribution in [0.15, 0.2) is 48.5 Å². The van der Waals surface area contributed by atoms with E-state index in [1.807, 2.05) is 30.3 Å². The van der Waals surface area contributed by atoms with Gasteiger partial charge < -0.3 is 11.1 Å². The predicted molar refractivity (Wildman–Crippen MR) is 79.3 cm³/mol. The number of amides is 1. The molecule has 0 spiro atoms. The van der Waals surface area contributed by atoms with Gasteiger partial charge in [-0.1, -0.05) is 29.8 Å². The van der Waals surface area contributed by atoms with Gasteiger partial charge in [-0.15, -0.1) is 0 Å². The molecule has 2 aromatic carbocycles. The number of nitrogens with one attached hydrogen (secondary N) is 1. The predicted octanol–water partition coefficient (Wildman–Crippen LogP) is 3.49. The highest BCUT2D eigenvalue weighted by atomic mass is 35.5. The van der Waals surface area contributed by atoms with E-state index in [0.717, 1.165) is 16.9 Å². The molecule has 0 saturated carbocycles. The first-order valence-electron chi connectivity index (χ1n) is 6.03. The quantitative estimate of drug-likeness (QED) is 0.839. The Morgan fingerprint density at radius 1 is 1.16 bits per heavy atom. The Morgan fingerprint density at radius 3 is 2.58 bits per heavy atom. The van der Waals surface area contributed by atoms with E-state index in [4.69, 9.17) is 17.3 Å². The molecule has 3 N–H and O–H groups in total. The second kappa shape index (κ2) is 6.25. The summed E-state index contributed by atoms with van der Waals surface area (Å²) in [5, 5.41) is 3.42. The van der Waals surface area contributed by atoms with Crippen LogP contribution >= 0.6 is 11.6 Å². The van der Waals surface area contributed by atoms with Gasteiger partial charge in [0.2, 0.25) is 5.91 Å². The number of carbonyl (C=O) groups excluding carboxylic acids is 1. The molecular weight excluding hydrogens is 260 g/mol. The second-order valence-corrected chi connectivity index (χ2v) is 4.74. The van der Waals surface area contributed by atoms with Gasteiger partial charge in [-0.2, -0.15) is 0 Å². The highest BCUT2D eigenvalue weighted by molar-refractivity contribution is 6.30. The summed E-state index contributed by atoms with van der Waals surface area (Å²) in [5.41, 5.74) is 8.15. The molecule has 19 heavy (non-hydrogen) atoms. The Kier molecular flexibility index (Phi) is 4.42. The number of hydrogen-bond donors (Lipinski definition) is 2. The van der Waals surface area contributed by atoms with Crippen molar-refractivity contribution in [2.75, 3.05) is 11.1 Å². The van der Waals surface area contributed by atoms with Crippen molar-refractivity contribution in [1.29, 1.82) is 0 Å². The van der Waals surface area contributed by atoms with E-state index in [9.17, 15) is 4.79 Å². The van der Waals surface area contributed by atoms with Crippen LogP contribution in [-0.4, -0.2) is 5.91 Å². The van der Waals surface area contributed by atoms with Crippen molar-refractivity contribution in [2.24, 2.45) is 0 Å². The highest BCUT2D eigenvalue weighted by Crippen LogP contribution is 2.15. The van der Waals surface area contributed by atoms with Gasteiger partial charge in [0.05, 0.1) is 0 Å². The summed E-state index contributed by atoms with van der Waals surface area (Å²) in [6, 6.07) is 14.7. The molecule has 0 aliphatic carbocycles. The van der Waals surface area contributed by atoms with Crippen molar-refractivity contribution >= 4 is 28.9 Å². The van der Waals surface area contributed by atoms with E-state index in [1.54, 1.807) is 18.2 Å². The van der Waals surface area contributed by atoms with Gasteiger partial charge in [-0.3, -0.25) is 4.79 Å². The first-order valence-corrected chi connectivity index (χ1v) is 6.41. The summed E-state index contributed by atoms with van der Waals surface area (Å²) >= 11 is 5.85. The highest BCUT2D eigenvalue weighted by Gasteiger charge is 2.03. The molecule has 2 rings (SSSR count). The smallest absolute Gasteiger partial charge is 0.224 e. The van der Waals surface area contributed by atoms with Crippen LogP contribution in [-0.2, 0) is 11.2 Å². The maximum Gasteiger partial charge on any atom is 0.224 e. The molecule has 3 nitrogen and oxygen atoms in total. The lowest BCUT2D eigenvalue weighted by Crippen LogP contribution is -2.12. The SMILES string of the molecule is Nc1ccc(CCC(=O)Nc2cccc(Cl)c2)cc1. The lowest BCUT2D eigenvalue weighted by atomic mass is 10.1. The summed E-state index contributed by atoms with van der Waals surface area (Å²) in [6.45, 7) is 0. The summed E-state index contributed by atoms with van der Waals surface area (Å²) in [5.74, 6) is -0.0286. The van der Waals surface area contributed by atoms with Crippen molar-refractivity contribution in [3.63, 3.8) is 0 Å². The summed E-state index contributed by atoms with van der Waals surface area (Å²) in [7, 11) is 0. The fourth-order valence-corrected chi connectivity index (χ4v) is 1.92. The van der Waals surface area contributed by atoms with Crippen LogP contribution in [0.1, 0.15) is 12.0 Å². The molecule has 4 heteroatoms. The van der Waals surface area contributed by atoms with Crippen molar-refractivity contribution in [3.05, 3.63) is 59.1 Å². The molecule has 0 aliphatic heterocycles. The summed E-state index contributed by atoms with van der Waals surface area (Å²) in [6.07, 6.45) is 1.11. The van der Waals surface area contributed by atoms with Gasteiger partial charge in [-0.25, -0.2) is 0 Å². The number of aryl methyl sites for hydroxylation is 1. The van der Waals surface area contributed by atoms with Crippen LogP contribution in [0.2, 0.25) is 5.02 Å². The number of nitrogen functional groups attached to an aromatic ring is 1. The van der Waals surface area contributed by atoms with E-state index in [1.165, 1.54) is 0 Å². The largest absolute Gasteiger partial charge is 0.399 e. The average molecular weight is 275 g/mol. The van der Waals surface area contributed by atoms with Crippen molar-refractivity contribution < 1.29 is 4.79 Å². The van der Waals surface area contributed by atoms with Crippen LogP contribution in [0.5, 0.6) is 0 Å². The number of benzene rings is 2. The molecule has 1 amide bonds. The fourth-order valence-electron chi connectivity index (χ4n) is 1.73. The third-order valence-electron chi connectivity index (χ3n) is 2.73. The van der Waals surface area contributed by atoms with E-state index >= 15 is 0 Å². The summed E-state index contributed by atoms with van der Waals surface area (Å²) in [4.78, 5) is 11.8. The number of rotatable bonds is 4. The standard InChI is InChI=1S/C15H15ClN2O/c16-12-2-1-3-14(10-12)18-15(19)9-6-11-4-7-13(17)8-5-11/h1-5,7-8,10H,6,9,17H2,(H,18,19). The van der Waals surface area contributed by atoms with E-state index in [0.29, 0.717) is 17.9 Å². The first kappa shape index (κ1) is 13.4. The number of anilines is 2. The van der Waals surface area contributed by atoms with Crippen LogP contribution in [0.25, 0.3) is 0 Å². The minimum atomic E-state index is -0.0286. The van der Waals surface area contributed by atoms with Crippen LogP contribution < -0.4 is 11.1 Å². The molecule has 0 bridgehead atoms. The van der Waals surface area contributed by atoms with E-state index in [2.05, 4.69) is 5.32 Å². The molecule has 0 unspecified atom stereocenters. The molecule has 0 radical (unpaired) electrons. The number of carbonyl (C=O) groups is 1. The maximum atomic E-state index is 11.8. The zero-order valence-corrected chi connectivity index (χ0v) is 11.2. The molecule has 0 heterocycles. The van der Waals surface area contributed by atoms with Gasteiger partial charge >= 0.3 is 0 Å². The number of nitrogens with two attached hydrogens (primary N) is 1. The van der Waals surface area contributed by atoms with Gasteiger partial charge in [-0.05, 0) is 42.3 Å². The lowest BCUT2D eigenvalue weighted by molar-refractivity contribution is -0.116. The fraction of sp³-hybridized carbons (Fsp3) is 0.133. The van der Waals surface area contributed by atoms with Crippen molar-refractivity contribution in [2.45, 2.75) is 12.8 Å². The molecule has 0 atom stereocenters. The molecular formula is C15H15ClN2O. The zero-order valence-electron chi connectivity index (χ0n) is 10.4. The minimum absolute atomic E-state index is 0.0286. The molecule has 0 aromatic heterocycles. The van der Waals surface area contributed by atoms with E-state index in [-0.39, 0.29) is 5.91 Å². The first-order chi connectivity index (χ1) is 9.13. The third-order valence-corrected chi connectivity index (χ3v) is 2.96. The number of hydrogen-bond acceptors (Lipinski definition) is 2. The third kappa shape index (κ3) is 4.30. The van der Waals surface area contributed by atoms with E-state index < -0.39 is 0 Å². The Hall–Kier alpha value is -2.00. The van der Waals surface area contributed by atoms with Crippen molar-refractivity contribution in [3.8, 4) is 0 Å². The van der Waals surface area contributed by atoms with Crippen LogP contribution in [0, 0.1) is 0 Å². The van der Waals surface area contributed by atoms with Gasteiger partial charge in [0, 0.05) is 22.8 Å². The van der Waals surface area contributed by atoms with Gasteiger partial charge in [0.1, 0.15) is 0 Å². The number of halogens is 1. The lowest BCUT2D eigenvalue weighted by Gasteiger charge is -2.06. The molecule has 98 valence electrons. The Bertz CT molecular complexity index is 567. The Balaban J connectivity index is 1.86. The Morgan fingerprint density at radius 2 is 1.89 bits per heavy atom. The monoisotopic (exact) mass is 274 g/mol. The van der Waals surface area contributed by atoms with Gasteiger partial charge in [0.25, 0.3) is 0 Å². The Labute approximate surface area is 117 Å².